The second kappa shape index (κ2) is 13.2. The molecule has 0 amide bonds. The molecule has 5 rings (SSSR count). The molecule has 4 aliphatic rings. The number of hydrogen-bond donors (Lipinski definition) is 9. The van der Waals surface area contributed by atoms with E-state index in [0.717, 1.165) is 50.6 Å². The Hall–Kier alpha value is -3.61. The van der Waals surface area contributed by atoms with E-state index < -0.39 is 23.8 Å². The molecule has 250 valence electrons. The number of carboxylic acid groups (broad SMARTS) is 2. The third-order valence-electron chi connectivity index (χ3n) is 10.2. The summed E-state index contributed by atoms with van der Waals surface area (Å²) in [5.74, 6) is -1.91. The summed E-state index contributed by atoms with van der Waals surface area (Å²) >= 11 is 4.70. The number of aromatic nitrogens is 1. The second-order valence-electron chi connectivity index (χ2n) is 13.0. The lowest BCUT2D eigenvalue weighted by molar-refractivity contribution is -0.138. The normalized spacial score (nSPS) is 31.3. The number of allylic oxidation sites excluding steroid dienone is 2. The van der Waals surface area contributed by atoms with Crippen LogP contribution in [0.2, 0.25) is 0 Å². The van der Waals surface area contributed by atoms with Crippen LogP contribution in [0.4, 0.5) is 0 Å². The quantitative estimate of drug-likeness (QED) is 0.149. The van der Waals surface area contributed by atoms with Crippen molar-refractivity contribution < 1.29 is 34.8 Å². The van der Waals surface area contributed by atoms with Crippen LogP contribution in [0.3, 0.4) is 0 Å². The fourth-order valence-electron chi connectivity index (χ4n) is 7.57. The first-order valence-corrected chi connectivity index (χ1v) is 16.4. The Bertz CT molecular complexity index is 1540. The molecule has 2 saturated heterocycles. The van der Waals surface area contributed by atoms with Crippen molar-refractivity contribution in [2.24, 2.45) is 11.8 Å². The number of aliphatic hydroxyl groups excluding tert-OH is 1. The molecule has 0 bridgehead atoms. The number of carbonyl (C=O) groups is 2. The maximum Gasteiger partial charge on any atom is 0.303 e. The van der Waals surface area contributed by atoms with E-state index >= 15 is 0 Å². The van der Waals surface area contributed by atoms with Crippen molar-refractivity contribution >= 4 is 36.7 Å². The van der Waals surface area contributed by atoms with Gasteiger partial charge in [-0.05, 0) is 67.5 Å². The number of thiol groups is 1. The highest BCUT2D eigenvalue weighted by atomic mass is 32.1. The molecule has 4 aliphatic heterocycles. The maximum atomic E-state index is 11.6. The van der Waals surface area contributed by atoms with Gasteiger partial charge in [0.1, 0.15) is 5.60 Å². The van der Waals surface area contributed by atoms with Gasteiger partial charge in [0.05, 0.1) is 6.61 Å². The van der Waals surface area contributed by atoms with Gasteiger partial charge >= 0.3 is 11.9 Å². The number of rotatable bonds is 12. The van der Waals surface area contributed by atoms with E-state index in [0.29, 0.717) is 32.3 Å². The molecule has 12 heteroatoms. The highest BCUT2D eigenvalue weighted by Crippen LogP contribution is 2.45. The third kappa shape index (κ3) is 6.34. The van der Waals surface area contributed by atoms with Crippen LogP contribution in [0.15, 0.2) is 46.7 Å². The molecule has 11 nitrogen and oxygen atoms in total. The van der Waals surface area contributed by atoms with Crippen molar-refractivity contribution in [2.75, 3.05) is 6.61 Å². The molecule has 2 fully saturated rings. The summed E-state index contributed by atoms with van der Waals surface area (Å²) in [7, 11) is 0. The molecular weight excluding hydrogens is 608 g/mol. The lowest BCUT2D eigenvalue weighted by atomic mass is 9.84. The van der Waals surface area contributed by atoms with Crippen molar-refractivity contribution in [3.8, 4) is 0 Å². The Balaban J connectivity index is 1.51. The minimum absolute atomic E-state index is 0.0342. The van der Waals surface area contributed by atoms with E-state index in [1.54, 1.807) is 6.08 Å². The summed E-state index contributed by atoms with van der Waals surface area (Å²) in [6.07, 6.45) is 6.74. The molecule has 0 aromatic carbocycles. The van der Waals surface area contributed by atoms with Gasteiger partial charge in [-0.15, -0.1) is 0 Å². The fourth-order valence-corrected chi connectivity index (χ4v) is 7.99. The Morgan fingerprint density at radius 2 is 1.80 bits per heavy atom. The SMILES string of the molecule is C=CC1=C(O)N[C@H](CC2N/C(=C\c3[nH]c(/C=C4\NC5OCC[C@]5(O)[C@H]4[C@@H](C)S)c(C)c3CCC(=O)O)C(CCC(=O)O)=C2C)C1C. The number of aromatic amines is 1. The van der Waals surface area contributed by atoms with Crippen molar-refractivity contribution in [2.45, 2.75) is 95.4 Å². The zero-order valence-corrected chi connectivity index (χ0v) is 27.7. The van der Waals surface area contributed by atoms with Crippen LogP contribution in [-0.4, -0.2) is 73.1 Å². The molecule has 3 unspecified atom stereocenters. The Morgan fingerprint density at radius 3 is 2.43 bits per heavy atom. The van der Waals surface area contributed by atoms with Crippen LogP contribution < -0.4 is 16.0 Å². The first-order valence-electron chi connectivity index (χ1n) is 15.9. The summed E-state index contributed by atoms with van der Waals surface area (Å²) in [5.41, 5.74) is 6.48. The first-order chi connectivity index (χ1) is 21.7. The number of carboxylic acids is 2. The van der Waals surface area contributed by atoms with Gasteiger partial charge in [0.25, 0.3) is 0 Å². The van der Waals surface area contributed by atoms with Gasteiger partial charge in [-0.3, -0.25) is 9.59 Å². The van der Waals surface area contributed by atoms with E-state index in [4.69, 9.17) is 17.4 Å². The van der Waals surface area contributed by atoms with Crippen molar-refractivity contribution in [1.29, 1.82) is 0 Å². The molecule has 8 N–H and O–H groups in total. The van der Waals surface area contributed by atoms with Gasteiger partial charge < -0.3 is 46.1 Å². The van der Waals surface area contributed by atoms with Gasteiger partial charge in [0.15, 0.2) is 12.1 Å². The average Bonchev–Trinajstić information content (AvgIpc) is 3.70. The van der Waals surface area contributed by atoms with Crippen LogP contribution in [0.5, 0.6) is 0 Å². The van der Waals surface area contributed by atoms with Crippen LogP contribution >= 0.6 is 12.6 Å². The molecule has 0 aliphatic carbocycles. The molecule has 5 heterocycles. The summed E-state index contributed by atoms with van der Waals surface area (Å²) in [6, 6.07) is -0.149. The minimum Gasteiger partial charge on any atom is -0.495 e. The molecule has 0 spiro atoms. The topological polar surface area (TPSA) is 176 Å². The second-order valence-corrected chi connectivity index (χ2v) is 13.8. The summed E-state index contributed by atoms with van der Waals surface area (Å²) in [6.45, 7) is 12.2. The van der Waals surface area contributed by atoms with Gasteiger partial charge in [-0.2, -0.15) is 12.6 Å². The number of ether oxygens (including phenoxy) is 1. The molecule has 0 saturated carbocycles. The molecule has 7 atom stereocenters. The molecule has 1 aromatic heterocycles. The third-order valence-corrected chi connectivity index (χ3v) is 10.5. The molecule has 46 heavy (non-hydrogen) atoms. The average molecular weight is 655 g/mol. The molecule has 0 radical (unpaired) electrons. The van der Waals surface area contributed by atoms with Crippen LogP contribution in [0.25, 0.3) is 12.2 Å². The van der Waals surface area contributed by atoms with Gasteiger partial charge in [-0.1, -0.05) is 26.5 Å². The Labute approximate surface area is 275 Å². The fraction of sp³-hybridized carbons (Fsp3) is 0.529. The zero-order chi connectivity index (χ0) is 33.5. The van der Waals surface area contributed by atoms with Crippen molar-refractivity contribution in [1.82, 2.24) is 20.9 Å². The molecular formula is C34H46N4O7S. The smallest absolute Gasteiger partial charge is 0.303 e. The number of hydrogen-bond acceptors (Lipinski definition) is 9. The van der Waals surface area contributed by atoms with E-state index in [1.807, 2.05) is 39.8 Å². The predicted octanol–water partition coefficient (Wildman–Crippen LogP) is 4.14. The summed E-state index contributed by atoms with van der Waals surface area (Å²) in [4.78, 5) is 26.7. The lowest BCUT2D eigenvalue weighted by Crippen LogP contribution is -2.44. The minimum atomic E-state index is -1.07. The summed E-state index contributed by atoms with van der Waals surface area (Å²) in [5, 5.41) is 50.9. The maximum absolute atomic E-state index is 11.6. The van der Waals surface area contributed by atoms with E-state index in [9.17, 15) is 30.0 Å². The van der Waals surface area contributed by atoms with Gasteiger partial charge in [0, 0.05) is 76.8 Å². The first kappa shape index (κ1) is 33.7. The van der Waals surface area contributed by atoms with Crippen LogP contribution in [0, 0.1) is 18.8 Å². The van der Waals surface area contributed by atoms with Crippen molar-refractivity contribution in [3.63, 3.8) is 0 Å². The van der Waals surface area contributed by atoms with Crippen LogP contribution in [0.1, 0.15) is 75.4 Å². The highest BCUT2D eigenvalue weighted by molar-refractivity contribution is 7.80. The number of aliphatic hydroxyl groups is 2. The lowest BCUT2D eigenvalue weighted by Gasteiger charge is -2.29. The zero-order valence-electron chi connectivity index (χ0n) is 26.8. The largest absolute Gasteiger partial charge is 0.495 e. The predicted molar refractivity (Wildman–Crippen MR) is 179 cm³/mol. The number of fused-ring (bicyclic) bond motifs is 1. The Kier molecular flexibility index (Phi) is 9.72. The van der Waals surface area contributed by atoms with Gasteiger partial charge in [-0.25, -0.2) is 0 Å². The van der Waals surface area contributed by atoms with E-state index in [2.05, 4.69) is 27.5 Å². The number of aliphatic carboxylic acids is 2. The Morgan fingerprint density at radius 1 is 1.11 bits per heavy atom. The monoisotopic (exact) mass is 654 g/mol. The number of nitrogens with one attached hydrogen (secondary N) is 4. The van der Waals surface area contributed by atoms with Crippen LogP contribution in [-0.2, 0) is 20.7 Å². The van der Waals surface area contributed by atoms with E-state index in [-0.39, 0.29) is 47.9 Å². The van der Waals surface area contributed by atoms with E-state index in [1.165, 1.54) is 0 Å². The summed E-state index contributed by atoms with van der Waals surface area (Å²) < 4.78 is 5.78. The highest BCUT2D eigenvalue weighted by Gasteiger charge is 2.56. The number of H-pyrrole nitrogens is 1. The standard InChI is InChI=1S/C34H46N4O7S/c1-6-20-16(2)25(37-32(20)43)13-23-17(3)21(7-9-29(39)40)26(35-23)15-27-22(8-10-30(41)42)18(4)24(36-27)14-28-31(19(5)46)34(44)11-12-45-33(34)38-28/h6,14-16,19,23,25,31,33,35-38,43-44,46H,1,7-13H2,2-5H3,(H,39,40)(H,41,42)/b26-15-,28-14-/t16?,19-,23?,25-,31+,33?,34+/m1/s1. The molecule has 1 aromatic rings. The van der Waals surface area contributed by atoms with Gasteiger partial charge in [0.2, 0.25) is 0 Å². The van der Waals surface area contributed by atoms with Crippen molar-refractivity contribution in [3.05, 3.63) is 69.2 Å².